The van der Waals surface area contributed by atoms with Gasteiger partial charge in [0.2, 0.25) is 0 Å². The summed E-state index contributed by atoms with van der Waals surface area (Å²) in [6, 6.07) is 0. The molecule has 0 aromatic carbocycles. The van der Waals surface area contributed by atoms with Crippen molar-refractivity contribution in [2.45, 2.75) is 20.3 Å². The van der Waals surface area contributed by atoms with Gasteiger partial charge in [0.05, 0.1) is 6.61 Å². The number of esters is 1. The summed E-state index contributed by atoms with van der Waals surface area (Å²) in [5, 5.41) is 0. The highest BCUT2D eigenvalue weighted by Gasteiger charge is 1.99. The van der Waals surface area contributed by atoms with Crippen LogP contribution in [-0.4, -0.2) is 12.6 Å². The molecule has 0 aliphatic carbocycles. The van der Waals surface area contributed by atoms with E-state index >= 15 is 0 Å². The highest BCUT2D eigenvalue weighted by atomic mass is 16.5. The van der Waals surface area contributed by atoms with Gasteiger partial charge in [-0.15, -0.1) is 13.2 Å². The summed E-state index contributed by atoms with van der Waals surface area (Å²) in [6.07, 6.45) is 0.860. The van der Waals surface area contributed by atoms with Crippen LogP contribution >= 0.6 is 0 Å². The Labute approximate surface area is 68.6 Å². The lowest BCUT2D eigenvalue weighted by atomic mass is 10.4. The molecule has 11 heavy (non-hydrogen) atoms. The topological polar surface area (TPSA) is 26.3 Å². The van der Waals surface area contributed by atoms with Crippen molar-refractivity contribution in [3.63, 3.8) is 0 Å². The maximum absolute atomic E-state index is 10.6. The predicted molar refractivity (Wildman–Crippen MR) is 47.3 cm³/mol. The second-order valence-electron chi connectivity index (χ2n) is 1.92. The Hall–Kier alpha value is -1.05. The molecular formula is C9H16O2. The van der Waals surface area contributed by atoms with Crippen LogP contribution in [0.4, 0.5) is 0 Å². The van der Waals surface area contributed by atoms with Crippen LogP contribution in [0.2, 0.25) is 0 Å². The van der Waals surface area contributed by atoms with Crippen LogP contribution in [0.15, 0.2) is 25.3 Å². The van der Waals surface area contributed by atoms with Gasteiger partial charge in [0, 0.05) is 5.57 Å². The lowest BCUT2D eigenvalue weighted by Crippen LogP contribution is -2.04. The normalized spacial score (nSPS) is 7.45. The molecule has 0 aliphatic rings. The SMILES string of the molecule is C=C.C=C(C)C(=O)OCCC. The summed E-state index contributed by atoms with van der Waals surface area (Å²) in [4.78, 5) is 10.6. The van der Waals surface area contributed by atoms with Gasteiger partial charge < -0.3 is 4.74 Å². The zero-order valence-corrected chi connectivity index (χ0v) is 7.35. The molecule has 0 heterocycles. The molecule has 0 aliphatic heterocycles. The van der Waals surface area contributed by atoms with Gasteiger partial charge in [0.15, 0.2) is 0 Å². The van der Waals surface area contributed by atoms with Crippen molar-refractivity contribution in [3.8, 4) is 0 Å². The first kappa shape index (κ1) is 12.6. The number of carbonyl (C=O) groups excluding carboxylic acids is 1. The Kier molecular flexibility index (Phi) is 10.3. The molecule has 0 aromatic rings. The highest BCUT2D eigenvalue weighted by molar-refractivity contribution is 5.86. The predicted octanol–water partition coefficient (Wildman–Crippen LogP) is 2.32. The van der Waals surface area contributed by atoms with E-state index in [2.05, 4.69) is 19.7 Å². The van der Waals surface area contributed by atoms with Crippen molar-refractivity contribution in [1.29, 1.82) is 0 Å². The number of ether oxygens (including phenoxy) is 1. The van der Waals surface area contributed by atoms with Crippen LogP contribution in [0, 0.1) is 0 Å². The third-order valence-electron chi connectivity index (χ3n) is 0.786. The average Bonchev–Trinajstić information content (AvgIpc) is 2.03. The van der Waals surface area contributed by atoms with Crippen LogP contribution in [-0.2, 0) is 9.53 Å². The molecule has 0 atom stereocenters. The Balaban J connectivity index is 0. The first-order valence-corrected chi connectivity index (χ1v) is 3.51. The van der Waals surface area contributed by atoms with E-state index in [1.807, 2.05) is 6.92 Å². The zero-order chi connectivity index (χ0) is 9.28. The Bertz CT molecular complexity index is 128. The quantitative estimate of drug-likeness (QED) is 0.356. The first-order chi connectivity index (χ1) is 5.18. The van der Waals surface area contributed by atoms with Crippen LogP contribution in [0.25, 0.3) is 0 Å². The monoisotopic (exact) mass is 156 g/mol. The molecule has 0 N–H and O–H groups in total. The Morgan fingerprint density at radius 1 is 1.45 bits per heavy atom. The van der Waals surface area contributed by atoms with E-state index in [1.54, 1.807) is 6.92 Å². The van der Waals surface area contributed by atoms with Crippen molar-refractivity contribution in [3.05, 3.63) is 25.3 Å². The number of hydrogen-bond donors (Lipinski definition) is 0. The third kappa shape index (κ3) is 8.95. The van der Waals surface area contributed by atoms with Gasteiger partial charge in [0.25, 0.3) is 0 Å². The second-order valence-corrected chi connectivity index (χ2v) is 1.92. The Morgan fingerprint density at radius 2 is 1.91 bits per heavy atom. The molecule has 0 saturated heterocycles. The molecule has 0 spiro atoms. The molecule has 0 aromatic heterocycles. The summed E-state index contributed by atoms with van der Waals surface area (Å²) in [5.41, 5.74) is 0.462. The third-order valence-corrected chi connectivity index (χ3v) is 0.786. The maximum Gasteiger partial charge on any atom is 0.333 e. The van der Waals surface area contributed by atoms with Gasteiger partial charge in [-0.1, -0.05) is 13.5 Å². The van der Waals surface area contributed by atoms with Crippen molar-refractivity contribution >= 4 is 5.97 Å². The van der Waals surface area contributed by atoms with Gasteiger partial charge in [-0.25, -0.2) is 4.79 Å². The molecule has 0 saturated carbocycles. The van der Waals surface area contributed by atoms with Crippen molar-refractivity contribution < 1.29 is 9.53 Å². The second kappa shape index (κ2) is 8.95. The van der Waals surface area contributed by atoms with E-state index in [1.165, 1.54) is 0 Å². The standard InChI is InChI=1S/C7H12O2.C2H4/c1-4-5-9-7(8)6(2)3;1-2/h2,4-5H2,1,3H3;1-2H2. The van der Waals surface area contributed by atoms with E-state index in [9.17, 15) is 4.79 Å². The fraction of sp³-hybridized carbons (Fsp3) is 0.444. The molecule has 0 fully saturated rings. The summed E-state index contributed by atoms with van der Waals surface area (Å²) in [7, 11) is 0. The molecule has 0 rings (SSSR count). The summed E-state index contributed by atoms with van der Waals surface area (Å²) >= 11 is 0. The van der Waals surface area contributed by atoms with Crippen LogP contribution < -0.4 is 0 Å². The lowest BCUT2D eigenvalue weighted by Gasteiger charge is -1.99. The maximum atomic E-state index is 10.6. The van der Waals surface area contributed by atoms with E-state index in [0.29, 0.717) is 12.2 Å². The smallest absolute Gasteiger partial charge is 0.333 e. The molecular weight excluding hydrogens is 140 g/mol. The van der Waals surface area contributed by atoms with E-state index in [0.717, 1.165) is 6.42 Å². The summed E-state index contributed by atoms with van der Waals surface area (Å²) < 4.78 is 4.71. The van der Waals surface area contributed by atoms with Gasteiger partial charge >= 0.3 is 5.97 Å². The van der Waals surface area contributed by atoms with Gasteiger partial charge in [0.1, 0.15) is 0 Å². The molecule has 0 amide bonds. The fourth-order valence-electron chi connectivity index (χ4n) is 0.318. The fourth-order valence-corrected chi connectivity index (χ4v) is 0.318. The van der Waals surface area contributed by atoms with Gasteiger partial charge in [-0.3, -0.25) is 0 Å². The average molecular weight is 156 g/mol. The van der Waals surface area contributed by atoms with Crippen LogP contribution in [0.1, 0.15) is 20.3 Å². The molecule has 2 nitrogen and oxygen atoms in total. The summed E-state index contributed by atoms with van der Waals surface area (Å²) in [5.74, 6) is -0.295. The van der Waals surface area contributed by atoms with E-state index in [-0.39, 0.29) is 5.97 Å². The number of carbonyl (C=O) groups is 1. The minimum absolute atomic E-state index is 0.295. The molecule has 2 heteroatoms. The number of hydrogen-bond acceptors (Lipinski definition) is 2. The molecule has 64 valence electrons. The zero-order valence-electron chi connectivity index (χ0n) is 7.35. The largest absolute Gasteiger partial charge is 0.462 e. The van der Waals surface area contributed by atoms with Crippen LogP contribution in [0.5, 0.6) is 0 Å². The minimum Gasteiger partial charge on any atom is -0.462 e. The highest BCUT2D eigenvalue weighted by Crippen LogP contribution is 1.91. The molecule has 0 bridgehead atoms. The van der Waals surface area contributed by atoms with Crippen LogP contribution in [0.3, 0.4) is 0 Å². The van der Waals surface area contributed by atoms with Crippen molar-refractivity contribution in [1.82, 2.24) is 0 Å². The minimum atomic E-state index is -0.295. The summed E-state index contributed by atoms with van der Waals surface area (Å²) in [6.45, 7) is 13.5. The first-order valence-electron chi connectivity index (χ1n) is 3.51. The van der Waals surface area contributed by atoms with E-state index in [4.69, 9.17) is 4.74 Å². The van der Waals surface area contributed by atoms with Gasteiger partial charge in [-0.05, 0) is 13.3 Å². The van der Waals surface area contributed by atoms with Crippen molar-refractivity contribution in [2.75, 3.05) is 6.61 Å². The molecule has 0 radical (unpaired) electrons. The van der Waals surface area contributed by atoms with Gasteiger partial charge in [-0.2, -0.15) is 0 Å². The van der Waals surface area contributed by atoms with E-state index < -0.39 is 0 Å². The number of rotatable bonds is 3. The lowest BCUT2D eigenvalue weighted by molar-refractivity contribution is -0.138. The molecule has 0 unspecified atom stereocenters. The van der Waals surface area contributed by atoms with Crippen molar-refractivity contribution in [2.24, 2.45) is 0 Å². The Morgan fingerprint density at radius 3 is 2.18 bits per heavy atom.